The summed E-state index contributed by atoms with van der Waals surface area (Å²) in [5, 5.41) is 13.1. The molecule has 5 rings (SSSR count). The molecule has 1 unspecified atom stereocenters. The number of benzene rings is 2. The predicted octanol–water partition coefficient (Wildman–Crippen LogP) is 3.95. The van der Waals surface area contributed by atoms with Gasteiger partial charge in [-0.05, 0) is 53.1 Å². The number of fused-ring (bicyclic) bond motifs is 1. The molecule has 1 fully saturated rings. The Morgan fingerprint density at radius 2 is 1.74 bits per heavy atom. The lowest BCUT2D eigenvalue weighted by atomic mass is 9.95. The molecule has 1 atom stereocenters. The summed E-state index contributed by atoms with van der Waals surface area (Å²) in [6.07, 6.45) is 9.12. The fourth-order valence-corrected chi connectivity index (χ4v) is 4.50. The number of aliphatic hydroxyl groups is 1. The van der Waals surface area contributed by atoms with Crippen molar-refractivity contribution in [2.24, 2.45) is 0 Å². The van der Waals surface area contributed by atoms with Crippen molar-refractivity contribution in [1.29, 1.82) is 0 Å². The number of imidazole rings is 1. The highest BCUT2D eigenvalue weighted by atomic mass is 16.5. The molecule has 0 spiro atoms. The molecule has 3 heterocycles. The van der Waals surface area contributed by atoms with Gasteiger partial charge in [0.1, 0.15) is 11.5 Å². The molecule has 0 saturated carbocycles. The number of amides is 1. The first-order valence-corrected chi connectivity index (χ1v) is 11.3. The number of Topliss-reactive ketones (excluding diaryl/α,β-unsaturated/α-hetero) is 1. The molecule has 1 saturated heterocycles. The van der Waals surface area contributed by atoms with Gasteiger partial charge >= 0.3 is 0 Å². The van der Waals surface area contributed by atoms with Crippen molar-refractivity contribution < 1.29 is 19.4 Å². The van der Waals surface area contributed by atoms with Gasteiger partial charge in [-0.3, -0.25) is 14.6 Å². The Balaban J connectivity index is 1.54. The Labute approximate surface area is 202 Å². The lowest BCUT2D eigenvalue weighted by Crippen LogP contribution is -2.31. The second kappa shape index (κ2) is 9.42. The topological polar surface area (TPSA) is 97.6 Å². The number of pyridine rings is 1. The summed E-state index contributed by atoms with van der Waals surface area (Å²) >= 11 is 0. The zero-order valence-corrected chi connectivity index (χ0v) is 19.2. The minimum absolute atomic E-state index is 0.0803. The number of ketones is 1. The number of carbonyl (C=O) groups is 2. The Morgan fingerprint density at radius 3 is 2.49 bits per heavy atom. The Bertz CT molecular complexity index is 1410. The van der Waals surface area contributed by atoms with Crippen molar-refractivity contribution in [2.45, 2.75) is 19.0 Å². The maximum atomic E-state index is 13.2. The summed E-state index contributed by atoms with van der Waals surface area (Å²) < 4.78 is 7.20. The number of carbonyl (C=O) groups excluding carboxylic acids is 2. The van der Waals surface area contributed by atoms with Gasteiger partial charge < -0.3 is 19.3 Å². The van der Waals surface area contributed by atoms with Gasteiger partial charge in [0.25, 0.3) is 11.7 Å². The first-order valence-electron chi connectivity index (χ1n) is 11.3. The summed E-state index contributed by atoms with van der Waals surface area (Å²) in [5.41, 5.74) is 1.27. The number of nitrogens with zero attached hydrogens (tertiary/aromatic N) is 4. The second-order valence-corrected chi connectivity index (χ2v) is 8.35. The van der Waals surface area contributed by atoms with Crippen LogP contribution in [0.1, 0.15) is 23.6 Å². The lowest BCUT2D eigenvalue weighted by molar-refractivity contribution is -0.139. The molecule has 4 aromatic rings. The highest BCUT2D eigenvalue weighted by molar-refractivity contribution is 6.46. The third kappa shape index (κ3) is 4.26. The van der Waals surface area contributed by atoms with Crippen molar-refractivity contribution in [1.82, 2.24) is 19.4 Å². The van der Waals surface area contributed by atoms with Gasteiger partial charge in [0.05, 0.1) is 25.1 Å². The standard InChI is InChI=1S/C27H24N4O4/c1-35-22-6-5-19-15-21(4-3-20(19)16-22)25(32)23-24(18-7-9-28-10-8-18)31(27(34)26(23)33)13-2-12-30-14-11-29-17-30/h3-11,14-17,24,32H,2,12-13H2,1H3/b25-23+. The van der Waals surface area contributed by atoms with Crippen LogP contribution >= 0.6 is 0 Å². The fraction of sp³-hybridized carbons (Fsp3) is 0.185. The van der Waals surface area contributed by atoms with Gasteiger partial charge in [-0.1, -0.05) is 18.2 Å². The molecule has 0 radical (unpaired) electrons. The van der Waals surface area contributed by atoms with Gasteiger partial charge in [0.2, 0.25) is 0 Å². The molecule has 0 bridgehead atoms. The number of hydrogen-bond donors (Lipinski definition) is 1. The summed E-state index contributed by atoms with van der Waals surface area (Å²) in [6.45, 7) is 1.00. The maximum Gasteiger partial charge on any atom is 0.295 e. The Morgan fingerprint density at radius 1 is 0.971 bits per heavy atom. The van der Waals surface area contributed by atoms with Crippen LogP contribution in [0.4, 0.5) is 0 Å². The molecule has 2 aromatic heterocycles. The molecule has 8 nitrogen and oxygen atoms in total. The second-order valence-electron chi connectivity index (χ2n) is 8.35. The Kier molecular flexibility index (Phi) is 6.01. The number of aliphatic hydroxyl groups excluding tert-OH is 1. The van der Waals surface area contributed by atoms with Gasteiger partial charge in [-0.25, -0.2) is 4.98 Å². The number of aryl methyl sites for hydroxylation is 1. The molecule has 1 N–H and O–H groups in total. The van der Waals surface area contributed by atoms with Crippen LogP contribution in [0, 0.1) is 0 Å². The smallest absolute Gasteiger partial charge is 0.295 e. The number of ether oxygens (including phenoxy) is 1. The quantitative estimate of drug-likeness (QED) is 0.251. The third-order valence-electron chi connectivity index (χ3n) is 6.26. The fourth-order valence-electron chi connectivity index (χ4n) is 4.50. The normalized spacial score (nSPS) is 17.3. The predicted molar refractivity (Wildman–Crippen MR) is 131 cm³/mol. The van der Waals surface area contributed by atoms with Gasteiger partial charge in [-0.2, -0.15) is 0 Å². The average Bonchev–Trinajstić information content (AvgIpc) is 3.50. The number of likely N-dealkylation sites (tertiary alicyclic amines) is 1. The van der Waals surface area contributed by atoms with Crippen molar-refractivity contribution >= 4 is 28.2 Å². The van der Waals surface area contributed by atoms with Gasteiger partial charge in [-0.15, -0.1) is 0 Å². The van der Waals surface area contributed by atoms with Crippen LogP contribution < -0.4 is 4.74 Å². The van der Waals surface area contributed by atoms with E-state index in [1.54, 1.807) is 56.3 Å². The number of hydrogen-bond acceptors (Lipinski definition) is 6. The number of aromatic nitrogens is 3. The van der Waals surface area contributed by atoms with E-state index in [9.17, 15) is 14.7 Å². The van der Waals surface area contributed by atoms with Crippen LogP contribution in [0.2, 0.25) is 0 Å². The highest BCUT2D eigenvalue weighted by Crippen LogP contribution is 2.39. The monoisotopic (exact) mass is 468 g/mol. The van der Waals surface area contributed by atoms with E-state index >= 15 is 0 Å². The van der Waals surface area contributed by atoms with E-state index in [-0.39, 0.29) is 11.3 Å². The van der Waals surface area contributed by atoms with E-state index in [0.29, 0.717) is 30.6 Å². The van der Waals surface area contributed by atoms with E-state index in [1.807, 2.05) is 35.0 Å². The van der Waals surface area contributed by atoms with E-state index < -0.39 is 17.7 Å². The number of rotatable bonds is 7. The van der Waals surface area contributed by atoms with Crippen LogP contribution in [0.5, 0.6) is 5.75 Å². The van der Waals surface area contributed by atoms with Crippen molar-refractivity contribution in [2.75, 3.05) is 13.7 Å². The van der Waals surface area contributed by atoms with Crippen molar-refractivity contribution in [3.05, 3.63) is 96.3 Å². The zero-order chi connectivity index (χ0) is 24.4. The van der Waals surface area contributed by atoms with Gasteiger partial charge in [0, 0.05) is 43.4 Å². The van der Waals surface area contributed by atoms with E-state index in [4.69, 9.17) is 4.74 Å². The van der Waals surface area contributed by atoms with Crippen LogP contribution in [0.3, 0.4) is 0 Å². The van der Waals surface area contributed by atoms with Crippen LogP contribution in [-0.4, -0.2) is 49.9 Å². The number of methoxy groups -OCH3 is 1. The molecular weight excluding hydrogens is 444 g/mol. The molecule has 0 aliphatic carbocycles. The summed E-state index contributed by atoms with van der Waals surface area (Å²) in [5.74, 6) is -0.778. The van der Waals surface area contributed by atoms with Crippen LogP contribution in [0.15, 0.2) is 85.2 Å². The van der Waals surface area contributed by atoms with Crippen LogP contribution in [-0.2, 0) is 16.1 Å². The molecule has 2 aromatic carbocycles. The minimum atomic E-state index is -0.702. The SMILES string of the molecule is COc1ccc2cc(/C(O)=C3\C(=O)C(=O)N(CCCn4ccnc4)C3c3ccncc3)ccc2c1. The van der Waals surface area contributed by atoms with E-state index in [0.717, 1.165) is 16.5 Å². The van der Waals surface area contributed by atoms with E-state index in [2.05, 4.69) is 9.97 Å². The molecule has 35 heavy (non-hydrogen) atoms. The third-order valence-corrected chi connectivity index (χ3v) is 6.26. The molecule has 1 aliphatic rings. The first-order chi connectivity index (χ1) is 17.1. The lowest BCUT2D eigenvalue weighted by Gasteiger charge is -2.25. The largest absolute Gasteiger partial charge is 0.507 e. The van der Waals surface area contributed by atoms with Gasteiger partial charge in [0.15, 0.2) is 0 Å². The molecule has 8 heteroatoms. The highest BCUT2D eigenvalue weighted by Gasteiger charge is 2.45. The summed E-state index contributed by atoms with van der Waals surface area (Å²) in [6, 6.07) is 13.9. The molecule has 176 valence electrons. The maximum absolute atomic E-state index is 13.2. The minimum Gasteiger partial charge on any atom is -0.507 e. The van der Waals surface area contributed by atoms with E-state index in [1.165, 1.54) is 4.90 Å². The van der Waals surface area contributed by atoms with Crippen molar-refractivity contribution in [3.63, 3.8) is 0 Å². The molecule has 1 amide bonds. The van der Waals surface area contributed by atoms with Crippen LogP contribution in [0.25, 0.3) is 16.5 Å². The molecular formula is C27H24N4O4. The summed E-state index contributed by atoms with van der Waals surface area (Å²) in [7, 11) is 1.61. The first kappa shape index (κ1) is 22.3. The molecule has 1 aliphatic heterocycles. The Hall–Kier alpha value is -4.46. The zero-order valence-electron chi connectivity index (χ0n) is 19.2. The summed E-state index contributed by atoms with van der Waals surface area (Å²) in [4.78, 5) is 35.9. The average molecular weight is 469 g/mol. The van der Waals surface area contributed by atoms with Crippen molar-refractivity contribution in [3.8, 4) is 5.75 Å².